The van der Waals surface area contributed by atoms with E-state index in [1.54, 1.807) is 0 Å². The lowest BCUT2D eigenvalue weighted by Crippen LogP contribution is -2.18. The molecule has 0 bridgehead atoms. The molecule has 6 nitrogen and oxygen atoms in total. The summed E-state index contributed by atoms with van der Waals surface area (Å²) in [4.78, 5) is 14.7. The van der Waals surface area contributed by atoms with E-state index in [9.17, 15) is 4.79 Å². The van der Waals surface area contributed by atoms with Crippen molar-refractivity contribution in [2.45, 2.75) is 12.5 Å². The summed E-state index contributed by atoms with van der Waals surface area (Å²) >= 11 is 0. The van der Waals surface area contributed by atoms with Crippen molar-refractivity contribution in [1.82, 2.24) is 14.8 Å². The highest BCUT2D eigenvalue weighted by Gasteiger charge is 2.20. The fraction of sp³-hybridized carbons (Fsp3) is 0.182. The molecule has 88 valence electrons. The molecule has 2 rings (SSSR count). The van der Waals surface area contributed by atoms with Gasteiger partial charge in [0.15, 0.2) is 0 Å². The van der Waals surface area contributed by atoms with Crippen LogP contribution in [0.1, 0.15) is 18.0 Å². The quantitative estimate of drug-likeness (QED) is 0.817. The molecular weight excluding hydrogens is 220 g/mol. The van der Waals surface area contributed by atoms with Crippen LogP contribution in [0, 0.1) is 0 Å². The summed E-state index contributed by atoms with van der Waals surface area (Å²) in [6, 6.07) is 8.81. The summed E-state index contributed by atoms with van der Waals surface area (Å²) in [5.74, 6) is -0.700. The normalized spacial score (nSPS) is 12.2. The maximum atomic E-state index is 10.9. The minimum Gasteiger partial charge on any atom is -0.481 e. The molecule has 3 N–H and O–H groups in total. The Morgan fingerprint density at radius 1 is 1.41 bits per heavy atom. The summed E-state index contributed by atoms with van der Waals surface area (Å²) < 4.78 is 1.42. The molecule has 1 unspecified atom stereocenters. The monoisotopic (exact) mass is 232 g/mol. The second-order valence-electron chi connectivity index (χ2n) is 3.59. The third kappa shape index (κ3) is 2.41. The van der Waals surface area contributed by atoms with Crippen LogP contribution in [0.25, 0.3) is 0 Å². The Kier molecular flexibility index (Phi) is 3.04. The molecule has 0 spiro atoms. The molecule has 0 saturated carbocycles. The van der Waals surface area contributed by atoms with E-state index in [1.165, 1.54) is 11.0 Å². The number of hydrogen-bond acceptors (Lipinski definition) is 4. The number of benzene rings is 1. The molecule has 0 aliphatic heterocycles. The highest BCUT2D eigenvalue weighted by molar-refractivity contribution is 5.68. The highest BCUT2D eigenvalue weighted by Crippen LogP contribution is 2.22. The van der Waals surface area contributed by atoms with Crippen LogP contribution in [-0.2, 0) is 4.79 Å². The van der Waals surface area contributed by atoms with Crippen LogP contribution in [-0.4, -0.2) is 25.8 Å². The van der Waals surface area contributed by atoms with Crippen molar-refractivity contribution in [3.8, 4) is 0 Å². The molecule has 1 atom stereocenters. The van der Waals surface area contributed by atoms with Gasteiger partial charge in [-0.2, -0.15) is 5.10 Å². The van der Waals surface area contributed by atoms with Crippen LogP contribution in [0.3, 0.4) is 0 Å². The molecule has 0 aliphatic carbocycles. The van der Waals surface area contributed by atoms with Crippen molar-refractivity contribution in [3.63, 3.8) is 0 Å². The van der Waals surface area contributed by atoms with Crippen LogP contribution >= 0.6 is 0 Å². The Morgan fingerprint density at radius 3 is 2.65 bits per heavy atom. The number of nitrogens with two attached hydrogens (primary N) is 1. The molecule has 6 heteroatoms. The van der Waals surface area contributed by atoms with Gasteiger partial charge in [0.1, 0.15) is 6.33 Å². The van der Waals surface area contributed by atoms with Crippen molar-refractivity contribution in [3.05, 3.63) is 42.2 Å². The van der Waals surface area contributed by atoms with E-state index in [0.717, 1.165) is 5.56 Å². The lowest BCUT2D eigenvalue weighted by molar-refractivity contribution is -0.137. The predicted molar refractivity (Wildman–Crippen MR) is 61.3 cm³/mol. The third-order valence-corrected chi connectivity index (χ3v) is 2.45. The first-order valence-corrected chi connectivity index (χ1v) is 5.10. The Balaban J connectivity index is 2.39. The van der Waals surface area contributed by atoms with E-state index in [-0.39, 0.29) is 12.4 Å². The largest absolute Gasteiger partial charge is 0.481 e. The highest BCUT2D eigenvalue weighted by atomic mass is 16.4. The van der Waals surface area contributed by atoms with Gasteiger partial charge in [-0.1, -0.05) is 30.3 Å². The maximum Gasteiger partial charge on any atom is 0.305 e. The van der Waals surface area contributed by atoms with Gasteiger partial charge < -0.3 is 10.8 Å². The van der Waals surface area contributed by atoms with E-state index >= 15 is 0 Å². The van der Waals surface area contributed by atoms with Gasteiger partial charge in [0.2, 0.25) is 5.95 Å². The first-order chi connectivity index (χ1) is 8.18. The fourth-order valence-corrected chi connectivity index (χ4v) is 1.69. The first-order valence-electron chi connectivity index (χ1n) is 5.10. The van der Waals surface area contributed by atoms with Gasteiger partial charge in [0.05, 0.1) is 12.5 Å². The van der Waals surface area contributed by atoms with Crippen LogP contribution in [0.2, 0.25) is 0 Å². The Bertz CT molecular complexity index is 509. The van der Waals surface area contributed by atoms with E-state index < -0.39 is 12.0 Å². The van der Waals surface area contributed by atoms with Crippen LogP contribution < -0.4 is 5.73 Å². The van der Waals surface area contributed by atoms with Crippen LogP contribution in [0.4, 0.5) is 5.95 Å². The van der Waals surface area contributed by atoms with Crippen molar-refractivity contribution in [2.75, 3.05) is 5.73 Å². The lowest BCUT2D eigenvalue weighted by Gasteiger charge is -2.16. The third-order valence-electron chi connectivity index (χ3n) is 2.45. The van der Waals surface area contributed by atoms with Gasteiger partial charge in [-0.15, -0.1) is 0 Å². The van der Waals surface area contributed by atoms with E-state index in [0.29, 0.717) is 0 Å². The molecule has 1 aromatic carbocycles. The van der Waals surface area contributed by atoms with Gasteiger partial charge in [-0.3, -0.25) is 4.79 Å². The number of rotatable bonds is 4. The van der Waals surface area contributed by atoms with Gasteiger partial charge in [-0.25, -0.2) is 9.67 Å². The SMILES string of the molecule is Nc1ncnn1C(CC(=O)O)c1ccccc1. The Labute approximate surface area is 97.7 Å². The number of carbonyl (C=O) groups is 1. The number of nitrogen functional groups attached to an aromatic ring is 1. The van der Waals surface area contributed by atoms with Gasteiger partial charge in [0, 0.05) is 0 Å². The van der Waals surface area contributed by atoms with Crippen molar-refractivity contribution >= 4 is 11.9 Å². The Hall–Kier alpha value is -2.37. The van der Waals surface area contributed by atoms with Gasteiger partial charge in [0.25, 0.3) is 0 Å². The van der Waals surface area contributed by atoms with Crippen LogP contribution in [0.15, 0.2) is 36.7 Å². The molecule has 0 fully saturated rings. The molecule has 1 heterocycles. The van der Waals surface area contributed by atoms with E-state index in [2.05, 4.69) is 10.1 Å². The van der Waals surface area contributed by atoms with Crippen molar-refractivity contribution in [2.24, 2.45) is 0 Å². The average Bonchev–Trinajstić information content (AvgIpc) is 2.73. The zero-order valence-electron chi connectivity index (χ0n) is 9.02. The number of carboxylic acids is 1. The molecule has 2 aromatic rings. The number of carboxylic acid groups (broad SMARTS) is 1. The van der Waals surface area contributed by atoms with Crippen molar-refractivity contribution < 1.29 is 9.90 Å². The second kappa shape index (κ2) is 4.65. The van der Waals surface area contributed by atoms with Crippen LogP contribution in [0.5, 0.6) is 0 Å². The maximum absolute atomic E-state index is 10.9. The van der Waals surface area contributed by atoms with Gasteiger partial charge >= 0.3 is 5.97 Å². The molecule has 0 aliphatic rings. The minimum absolute atomic E-state index is 0.0857. The standard InChI is InChI=1S/C11H12N4O2/c12-11-13-7-14-15(11)9(6-10(16)17)8-4-2-1-3-5-8/h1-5,7,9H,6H2,(H,16,17)(H2,12,13,14). The summed E-state index contributed by atoms with van der Waals surface area (Å²) in [7, 11) is 0. The zero-order valence-corrected chi connectivity index (χ0v) is 9.02. The number of nitrogens with zero attached hydrogens (tertiary/aromatic N) is 3. The topological polar surface area (TPSA) is 94.0 Å². The first kappa shape index (κ1) is 11.1. The number of hydrogen-bond donors (Lipinski definition) is 2. The number of anilines is 1. The van der Waals surface area contributed by atoms with Crippen molar-refractivity contribution in [1.29, 1.82) is 0 Å². The number of aromatic nitrogens is 3. The zero-order chi connectivity index (χ0) is 12.3. The smallest absolute Gasteiger partial charge is 0.305 e. The average molecular weight is 232 g/mol. The molecular formula is C11H12N4O2. The van der Waals surface area contributed by atoms with E-state index in [1.807, 2.05) is 30.3 Å². The fourth-order valence-electron chi connectivity index (χ4n) is 1.69. The second-order valence-corrected chi connectivity index (χ2v) is 3.59. The summed E-state index contributed by atoms with van der Waals surface area (Å²) in [5, 5.41) is 12.9. The molecule has 0 amide bonds. The number of aliphatic carboxylic acids is 1. The molecule has 0 radical (unpaired) electrons. The summed E-state index contributed by atoms with van der Waals surface area (Å²) in [5.41, 5.74) is 6.49. The summed E-state index contributed by atoms with van der Waals surface area (Å²) in [6.07, 6.45) is 1.23. The predicted octanol–water partition coefficient (Wildman–Crippen LogP) is 0.924. The Morgan fingerprint density at radius 2 is 2.12 bits per heavy atom. The minimum atomic E-state index is -0.909. The molecule has 0 saturated heterocycles. The summed E-state index contributed by atoms with van der Waals surface area (Å²) in [6.45, 7) is 0. The van der Waals surface area contributed by atoms with Gasteiger partial charge in [-0.05, 0) is 5.56 Å². The molecule has 1 aromatic heterocycles. The lowest BCUT2D eigenvalue weighted by atomic mass is 10.0. The molecule has 17 heavy (non-hydrogen) atoms. The van der Waals surface area contributed by atoms with E-state index in [4.69, 9.17) is 10.8 Å².